The van der Waals surface area contributed by atoms with E-state index in [0.717, 1.165) is 56.6 Å². The predicted molar refractivity (Wildman–Crippen MR) is 126 cm³/mol. The third kappa shape index (κ3) is 4.73. The van der Waals surface area contributed by atoms with Gasteiger partial charge in [-0.25, -0.2) is 9.67 Å². The summed E-state index contributed by atoms with van der Waals surface area (Å²) in [4.78, 5) is 9.28. The molecule has 2 heterocycles. The first kappa shape index (κ1) is 22.8. The van der Waals surface area contributed by atoms with Crippen LogP contribution in [0, 0.1) is 12.3 Å². The molecule has 2 fully saturated rings. The van der Waals surface area contributed by atoms with Crippen LogP contribution in [0.15, 0.2) is 4.99 Å². The molecule has 2 saturated carbocycles. The Morgan fingerprint density at radius 2 is 2.03 bits per heavy atom. The van der Waals surface area contributed by atoms with Crippen molar-refractivity contribution in [3.05, 3.63) is 11.6 Å². The summed E-state index contributed by atoms with van der Waals surface area (Å²) in [5.41, 5.74) is 0.299. The van der Waals surface area contributed by atoms with Gasteiger partial charge in [0.1, 0.15) is 11.6 Å². The van der Waals surface area contributed by atoms with Gasteiger partial charge >= 0.3 is 0 Å². The van der Waals surface area contributed by atoms with E-state index in [4.69, 9.17) is 9.73 Å². The lowest BCUT2D eigenvalue weighted by atomic mass is 9.55. The molecule has 2 N–H and O–H groups in total. The number of hydrogen-bond donors (Lipinski definition) is 2. The van der Waals surface area contributed by atoms with E-state index < -0.39 is 0 Å². The molecule has 3 atom stereocenters. The minimum Gasteiger partial charge on any atom is -0.378 e. The summed E-state index contributed by atoms with van der Waals surface area (Å²) in [5, 5.41) is 12.0. The molecule has 164 valence electrons. The van der Waals surface area contributed by atoms with Gasteiger partial charge in [0.15, 0.2) is 5.96 Å². The average Bonchev–Trinajstić information content (AvgIpc) is 3.07. The summed E-state index contributed by atoms with van der Waals surface area (Å²) in [5.74, 6) is 2.93. The van der Waals surface area contributed by atoms with E-state index in [9.17, 15) is 0 Å². The zero-order valence-corrected chi connectivity index (χ0v) is 20.4. The Labute approximate surface area is 191 Å². The van der Waals surface area contributed by atoms with Gasteiger partial charge in [-0.05, 0) is 46.5 Å². The minimum atomic E-state index is 0. The fourth-order valence-corrected chi connectivity index (χ4v) is 5.47. The van der Waals surface area contributed by atoms with Gasteiger partial charge < -0.3 is 15.4 Å². The predicted octanol–water partition coefficient (Wildman–Crippen LogP) is 3.20. The van der Waals surface area contributed by atoms with Crippen LogP contribution in [0.1, 0.15) is 70.4 Å². The van der Waals surface area contributed by atoms with Crippen molar-refractivity contribution in [3.8, 4) is 0 Å². The van der Waals surface area contributed by atoms with Crippen LogP contribution in [-0.2, 0) is 17.7 Å². The fraction of sp³-hybridized carbons (Fsp3) is 0.857. The Kier molecular flexibility index (Phi) is 7.81. The standard InChI is InChI=1S/C21H36N6O.HI/c1-4-22-20(24-16-9-10-19-23-15(3)26-27(19)14-16)25-17-13-18(28-5-2)21(17)11-7-6-8-12-21;/h16-18H,4-14H2,1-3H3,(H2,22,24,25);1H. The van der Waals surface area contributed by atoms with Gasteiger partial charge in [0.25, 0.3) is 0 Å². The maximum atomic E-state index is 6.12. The Bertz CT molecular complexity index is 699. The number of aryl methyl sites for hydroxylation is 2. The van der Waals surface area contributed by atoms with Crippen molar-refractivity contribution in [2.45, 2.75) is 96.9 Å². The number of hydrogen-bond acceptors (Lipinski definition) is 4. The highest BCUT2D eigenvalue weighted by Crippen LogP contribution is 2.53. The highest BCUT2D eigenvalue weighted by atomic mass is 127. The molecule has 0 bridgehead atoms. The molecule has 3 aliphatic rings. The zero-order valence-electron chi connectivity index (χ0n) is 18.1. The molecule has 1 aliphatic heterocycles. The largest absolute Gasteiger partial charge is 0.378 e. The van der Waals surface area contributed by atoms with E-state index in [2.05, 4.69) is 39.2 Å². The number of aromatic nitrogens is 3. The van der Waals surface area contributed by atoms with Crippen molar-refractivity contribution in [1.29, 1.82) is 0 Å². The van der Waals surface area contributed by atoms with Gasteiger partial charge in [-0.2, -0.15) is 5.10 Å². The Balaban J connectivity index is 0.00000240. The zero-order chi connectivity index (χ0) is 19.6. The van der Waals surface area contributed by atoms with Crippen molar-refractivity contribution in [2.75, 3.05) is 13.2 Å². The second kappa shape index (κ2) is 9.94. The van der Waals surface area contributed by atoms with Crippen molar-refractivity contribution in [3.63, 3.8) is 0 Å². The second-order valence-electron chi connectivity index (χ2n) is 8.63. The average molecular weight is 516 g/mol. The third-order valence-corrected chi connectivity index (χ3v) is 6.87. The van der Waals surface area contributed by atoms with E-state index in [1.807, 2.05) is 6.92 Å². The molecule has 8 heteroatoms. The number of ether oxygens (including phenoxy) is 1. The smallest absolute Gasteiger partial charge is 0.191 e. The minimum absolute atomic E-state index is 0. The first-order valence-electron chi connectivity index (χ1n) is 11.2. The molecule has 4 rings (SSSR count). The molecule has 0 saturated heterocycles. The molecule has 0 aromatic carbocycles. The highest BCUT2D eigenvalue weighted by molar-refractivity contribution is 14.0. The quantitative estimate of drug-likeness (QED) is 0.357. The third-order valence-electron chi connectivity index (χ3n) is 6.87. The summed E-state index contributed by atoms with van der Waals surface area (Å²) >= 11 is 0. The number of nitrogens with one attached hydrogen (secondary N) is 2. The van der Waals surface area contributed by atoms with Crippen LogP contribution in [0.3, 0.4) is 0 Å². The van der Waals surface area contributed by atoms with E-state index >= 15 is 0 Å². The number of fused-ring (bicyclic) bond motifs is 1. The molecular weight excluding hydrogens is 479 g/mol. The summed E-state index contributed by atoms with van der Waals surface area (Å²) in [7, 11) is 0. The highest BCUT2D eigenvalue weighted by Gasteiger charge is 2.55. The Morgan fingerprint density at radius 1 is 1.24 bits per heavy atom. The molecule has 29 heavy (non-hydrogen) atoms. The summed E-state index contributed by atoms with van der Waals surface area (Å²) in [6.07, 6.45) is 10.1. The number of aliphatic imine (C=N–C) groups is 1. The molecular formula is C21H37IN6O. The van der Waals surface area contributed by atoms with E-state index in [1.54, 1.807) is 0 Å². The molecule has 0 amide bonds. The fourth-order valence-electron chi connectivity index (χ4n) is 5.47. The molecule has 1 aromatic rings. The SMILES string of the molecule is CCN=C(NC1CCc2nc(C)nn2C1)NC1CC(OCC)C12CCCCC2.I. The lowest BCUT2D eigenvalue weighted by Crippen LogP contribution is -2.67. The topological polar surface area (TPSA) is 76.4 Å². The number of rotatable bonds is 5. The van der Waals surface area contributed by atoms with E-state index in [-0.39, 0.29) is 24.0 Å². The lowest BCUT2D eigenvalue weighted by molar-refractivity contribution is -0.145. The van der Waals surface area contributed by atoms with Crippen LogP contribution < -0.4 is 10.6 Å². The number of guanidine groups is 1. The van der Waals surface area contributed by atoms with Gasteiger partial charge in [-0.1, -0.05) is 19.3 Å². The normalized spacial score (nSPS) is 28.2. The maximum absolute atomic E-state index is 6.12. The first-order valence-corrected chi connectivity index (χ1v) is 11.2. The maximum Gasteiger partial charge on any atom is 0.191 e. The van der Waals surface area contributed by atoms with Crippen LogP contribution >= 0.6 is 24.0 Å². The van der Waals surface area contributed by atoms with E-state index in [1.165, 1.54) is 32.1 Å². The Hall–Kier alpha value is -0.900. The number of nitrogens with zero attached hydrogens (tertiary/aromatic N) is 4. The molecule has 1 spiro atoms. The van der Waals surface area contributed by atoms with Crippen LogP contribution in [0.5, 0.6) is 0 Å². The van der Waals surface area contributed by atoms with Crippen molar-refractivity contribution in [1.82, 2.24) is 25.4 Å². The molecule has 7 nitrogen and oxygen atoms in total. The summed E-state index contributed by atoms with van der Waals surface area (Å²) in [6, 6.07) is 0.811. The van der Waals surface area contributed by atoms with Gasteiger partial charge in [0.05, 0.1) is 12.6 Å². The Morgan fingerprint density at radius 3 is 2.76 bits per heavy atom. The van der Waals surface area contributed by atoms with Crippen molar-refractivity contribution < 1.29 is 4.74 Å². The molecule has 0 radical (unpaired) electrons. The van der Waals surface area contributed by atoms with Crippen LogP contribution in [0.25, 0.3) is 0 Å². The van der Waals surface area contributed by atoms with Crippen molar-refractivity contribution in [2.24, 2.45) is 10.4 Å². The van der Waals surface area contributed by atoms with Crippen LogP contribution in [0.2, 0.25) is 0 Å². The van der Waals surface area contributed by atoms with Crippen LogP contribution in [-0.4, -0.2) is 52.1 Å². The summed E-state index contributed by atoms with van der Waals surface area (Å²) < 4.78 is 8.17. The van der Waals surface area contributed by atoms with Crippen molar-refractivity contribution >= 4 is 29.9 Å². The number of halogens is 1. The van der Waals surface area contributed by atoms with E-state index in [0.29, 0.717) is 23.6 Å². The molecule has 2 aliphatic carbocycles. The molecule has 3 unspecified atom stereocenters. The molecule has 1 aromatic heterocycles. The first-order chi connectivity index (χ1) is 13.6. The lowest BCUT2D eigenvalue weighted by Gasteiger charge is -2.58. The van der Waals surface area contributed by atoms with Crippen LogP contribution in [0.4, 0.5) is 0 Å². The van der Waals surface area contributed by atoms with Gasteiger partial charge in [0.2, 0.25) is 0 Å². The van der Waals surface area contributed by atoms with Gasteiger partial charge in [0, 0.05) is 37.1 Å². The second-order valence-corrected chi connectivity index (χ2v) is 8.63. The monoisotopic (exact) mass is 516 g/mol. The van der Waals surface area contributed by atoms with Gasteiger partial charge in [-0.3, -0.25) is 4.99 Å². The van der Waals surface area contributed by atoms with Gasteiger partial charge in [-0.15, -0.1) is 24.0 Å². The summed E-state index contributed by atoms with van der Waals surface area (Å²) in [6.45, 7) is 8.64.